The molecule has 0 bridgehead atoms. The number of nitrogens with zero attached hydrogens (tertiary/aromatic N) is 1. The molecule has 0 radical (unpaired) electrons. The van der Waals surface area contributed by atoms with Gasteiger partial charge in [-0.05, 0) is 23.3 Å². The molecule has 1 N–H and O–H groups in total. The molecule has 0 saturated carbocycles. The Balaban J connectivity index is 1.73. The molecule has 2 aromatic rings. The number of alkyl halides is 3. The Labute approximate surface area is 161 Å². The predicted molar refractivity (Wildman–Crippen MR) is 97.4 cm³/mol. The number of rotatable bonds is 8. The lowest BCUT2D eigenvalue weighted by atomic mass is 10.1. The maximum absolute atomic E-state index is 12.2. The first-order chi connectivity index (χ1) is 13.2. The SMILES string of the molecule is CN(Cc1ccc(OC(F)(F)F)cc1)C(=O)CCNC(=O)Cc1ccccc1. The molecule has 0 atom stereocenters. The summed E-state index contributed by atoms with van der Waals surface area (Å²) in [7, 11) is 1.59. The van der Waals surface area contributed by atoms with E-state index in [9.17, 15) is 22.8 Å². The fourth-order valence-corrected chi connectivity index (χ4v) is 2.50. The molecule has 28 heavy (non-hydrogen) atoms. The summed E-state index contributed by atoms with van der Waals surface area (Å²) in [5.74, 6) is -0.663. The largest absolute Gasteiger partial charge is 0.573 e. The first-order valence-corrected chi connectivity index (χ1v) is 8.62. The smallest absolute Gasteiger partial charge is 0.406 e. The number of carbonyl (C=O) groups excluding carboxylic acids is 2. The van der Waals surface area contributed by atoms with Crippen LogP contribution in [0.25, 0.3) is 0 Å². The van der Waals surface area contributed by atoms with E-state index in [0.717, 1.165) is 5.56 Å². The van der Waals surface area contributed by atoms with E-state index >= 15 is 0 Å². The van der Waals surface area contributed by atoms with E-state index in [1.807, 2.05) is 30.3 Å². The highest BCUT2D eigenvalue weighted by atomic mass is 19.4. The van der Waals surface area contributed by atoms with E-state index in [2.05, 4.69) is 10.1 Å². The van der Waals surface area contributed by atoms with E-state index in [1.165, 1.54) is 29.2 Å². The van der Waals surface area contributed by atoms with Gasteiger partial charge in [0.05, 0.1) is 6.42 Å². The molecule has 0 saturated heterocycles. The van der Waals surface area contributed by atoms with Gasteiger partial charge in [0.2, 0.25) is 11.8 Å². The van der Waals surface area contributed by atoms with Crippen LogP contribution in [0.4, 0.5) is 13.2 Å². The molecular weight excluding hydrogens is 373 g/mol. The summed E-state index contributed by atoms with van der Waals surface area (Å²) in [5.41, 5.74) is 1.56. The average molecular weight is 394 g/mol. The Morgan fingerprint density at radius 1 is 1.00 bits per heavy atom. The summed E-state index contributed by atoms with van der Waals surface area (Å²) < 4.78 is 40.3. The van der Waals surface area contributed by atoms with Crippen molar-refractivity contribution >= 4 is 11.8 Å². The van der Waals surface area contributed by atoms with Crippen molar-refractivity contribution in [2.75, 3.05) is 13.6 Å². The van der Waals surface area contributed by atoms with Gasteiger partial charge in [-0.3, -0.25) is 9.59 Å². The molecule has 2 amide bonds. The van der Waals surface area contributed by atoms with Gasteiger partial charge < -0.3 is 15.0 Å². The summed E-state index contributed by atoms with van der Waals surface area (Å²) in [6.45, 7) is 0.455. The second-order valence-electron chi connectivity index (χ2n) is 6.20. The molecule has 0 aromatic heterocycles. The first-order valence-electron chi connectivity index (χ1n) is 8.62. The Hall–Kier alpha value is -3.03. The van der Waals surface area contributed by atoms with Crippen LogP contribution in [0.15, 0.2) is 54.6 Å². The molecule has 8 heteroatoms. The number of hydrogen-bond donors (Lipinski definition) is 1. The molecule has 0 heterocycles. The Bertz CT molecular complexity index is 778. The molecule has 0 fully saturated rings. The van der Waals surface area contributed by atoms with Crippen LogP contribution in [-0.2, 0) is 22.6 Å². The summed E-state index contributed by atoms with van der Waals surface area (Å²) >= 11 is 0. The second-order valence-corrected chi connectivity index (χ2v) is 6.20. The zero-order valence-electron chi connectivity index (χ0n) is 15.3. The van der Waals surface area contributed by atoms with Crippen LogP contribution in [0, 0.1) is 0 Å². The van der Waals surface area contributed by atoms with Gasteiger partial charge in [-0.2, -0.15) is 0 Å². The molecule has 0 spiro atoms. The van der Waals surface area contributed by atoms with Crippen molar-refractivity contribution in [3.8, 4) is 5.75 Å². The predicted octanol–water partition coefficient (Wildman–Crippen LogP) is 3.29. The van der Waals surface area contributed by atoms with Crippen LogP contribution in [0.1, 0.15) is 17.5 Å². The van der Waals surface area contributed by atoms with Crippen LogP contribution < -0.4 is 10.1 Å². The lowest BCUT2D eigenvalue weighted by Crippen LogP contribution is -2.32. The highest BCUT2D eigenvalue weighted by Crippen LogP contribution is 2.23. The van der Waals surface area contributed by atoms with Crippen molar-refractivity contribution in [1.29, 1.82) is 0 Å². The number of benzene rings is 2. The normalized spacial score (nSPS) is 11.0. The van der Waals surface area contributed by atoms with Crippen molar-refractivity contribution in [2.24, 2.45) is 0 Å². The first kappa shape index (κ1) is 21.3. The van der Waals surface area contributed by atoms with Crippen LogP contribution in [0.3, 0.4) is 0 Å². The van der Waals surface area contributed by atoms with Crippen LogP contribution >= 0.6 is 0 Å². The molecule has 0 aliphatic carbocycles. The van der Waals surface area contributed by atoms with Crippen LogP contribution in [0.5, 0.6) is 5.75 Å². The highest BCUT2D eigenvalue weighted by molar-refractivity contribution is 5.80. The van der Waals surface area contributed by atoms with E-state index in [-0.39, 0.29) is 43.5 Å². The zero-order chi connectivity index (χ0) is 20.6. The van der Waals surface area contributed by atoms with E-state index < -0.39 is 6.36 Å². The number of carbonyl (C=O) groups is 2. The minimum Gasteiger partial charge on any atom is -0.406 e. The van der Waals surface area contributed by atoms with Crippen molar-refractivity contribution in [3.05, 3.63) is 65.7 Å². The zero-order valence-corrected chi connectivity index (χ0v) is 15.3. The third-order valence-corrected chi connectivity index (χ3v) is 3.87. The van der Waals surface area contributed by atoms with Gasteiger partial charge in [-0.1, -0.05) is 42.5 Å². The highest BCUT2D eigenvalue weighted by Gasteiger charge is 2.30. The van der Waals surface area contributed by atoms with Gasteiger partial charge in [-0.25, -0.2) is 0 Å². The lowest BCUT2D eigenvalue weighted by Gasteiger charge is -2.18. The number of ether oxygens (including phenoxy) is 1. The third-order valence-electron chi connectivity index (χ3n) is 3.87. The molecular formula is C20H21F3N2O3. The number of halogens is 3. The Morgan fingerprint density at radius 2 is 1.64 bits per heavy atom. The van der Waals surface area contributed by atoms with Gasteiger partial charge in [0.25, 0.3) is 0 Å². The third kappa shape index (κ3) is 7.69. The molecule has 0 unspecified atom stereocenters. The summed E-state index contributed by atoms with van der Waals surface area (Å²) in [5, 5.41) is 2.70. The number of amides is 2. The van der Waals surface area contributed by atoms with Crippen molar-refractivity contribution in [3.63, 3.8) is 0 Å². The standard InChI is InChI=1S/C20H21F3N2O3/c1-25(14-16-7-9-17(10-8-16)28-20(21,22)23)19(27)11-12-24-18(26)13-15-5-3-2-4-6-15/h2-10H,11-14H2,1H3,(H,24,26). The van der Waals surface area contributed by atoms with Gasteiger partial charge in [0.1, 0.15) is 5.75 Å². The van der Waals surface area contributed by atoms with Crippen molar-refractivity contribution in [1.82, 2.24) is 10.2 Å². The minimum absolute atomic E-state index is 0.131. The molecule has 2 aromatic carbocycles. The summed E-state index contributed by atoms with van der Waals surface area (Å²) in [6, 6.07) is 14.6. The average Bonchev–Trinajstić information content (AvgIpc) is 2.63. The second kappa shape index (κ2) is 9.77. The number of hydrogen-bond acceptors (Lipinski definition) is 3. The molecule has 5 nitrogen and oxygen atoms in total. The quantitative estimate of drug-likeness (QED) is 0.748. The van der Waals surface area contributed by atoms with Crippen LogP contribution in [-0.4, -0.2) is 36.7 Å². The summed E-state index contributed by atoms with van der Waals surface area (Å²) in [6.07, 6.45) is -4.36. The van der Waals surface area contributed by atoms with Gasteiger partial charge in [-0.15, -0.1) is 13.2 Å². The van der Waals surface area contributed by atoms with E-state index in [4.69, 9.17) is 0 Å². The minimum atomic E-state index is -4.74. The van der Waals surface area contributed by atoms with Gasteiger partial charge in [0, 0.05) is 26.6 Å². The van der Waals surface area contributed by atoms with E-state index in [1.54, 1.807) is 7.05 Å². The topological polar surface area (TPSA) is 58.6 Å². The molecule has 0 aliphatic heterocycles. The Morgan fingerprint density at radius 3 is 2.25 bits per heavy atom. The summed E-state index contributed by atoms with van der Waals surface area (Å²) in [4.78, 5) is 25.4. The lowest BCUT2D eigenvalue weighted by molar-refractivity contribution is -0.274. The maximum Gasteiger partial charge on any atom is 0.573 e. The molecule has 150 valence electrons. The fourth-order valence-electron chi connectivity index (χ4n) is 2.50. The maximum atomic E-state index is 12.2. The van der Waals surface area contributed by atoms with Gasteiger partial charge in [0.15, 0.2) is 0 Å². The van der Waals surface area contributed by atoms with Crippen molar-refractivity contribution in [2.45, 2.75) is 25.7 Å². The fraction of sp³-hybridized carbons (Fsp3) is 0.300. The number of nitrogens with one attached hydrogen (secondary N) is 1. The Kier molecular flexibility index (Phi) is 7.43. The van der Waals surface area contributed by atoms with Gasteiger partial charge >= 0.3 is 6.36 Å². The molecule has 2 rings (SSSR count). The van der Waals surface area contributed by atoms with Crippen molar-refractivity contribution < 1.29 is 27.5 Å². The monoisotopic (exact) mass is 394 g/mol. The van der Waals surface area contributed by atoms with Crippen LogP contribution in [0.2, 0.25) is 0 Å². The van der Waals surface area contributed by atoms with E-state index in [0.29, 0.717) is 5.56 Å². The molecule has 0 aliphatic rings.